The second kappa shape index (κ2) is 4.22. The summed E-state index contributed by atoms with van der Waals surface area (Å²) in [6.07, 6.45) is 3.44. The zero-order valence-electron chi connectivity index (χ0n) is 6.48. The molecule has 0 N–H and O–H groups in total. The van der Waals surface area contributed by atoms with Crippen LogP contribution >= 0.6 is 11.8 Å². The van der Waals surface area contributed by atoms with E-state index in [0.29, 0.717) is 5.25 Å². The molecule has 1 fully saturated rings. The molecular weight excluding hydrogens is 147 g/mol. The summed E-state index contributed by atoms with van der Waals surface area (Å²) in [5, 5.41) is 0.619. The molecule has 10 heavy (non-hydrogen) atoms. The summed E-state index contributed by atoms with van der Waals surface area (Å²) in [7, 11) is 0. The number of halogens is 1. The molecule has 0 aromatic rings. The molecule has 0 amide bonds. The van der Waals surface area contributed by atoms with Gasteiger partial charge in [-0.1, -0.05) is 6.92 Å². The Hall–Kier alpha value is 0.280. The number of rotatable bonds is 2. The van der Waals surface area contributed by atoms with Gasteiger partial charge in [0.1, 0.15) is 6.17 Å². The lowest BCUT2D eigenvalue weighted by atomic mass is 9.98. The van der Waals surface area contributed by atoms with Crippen molar-refractivity contribution in [1.29, 1.82) is 0 Å². The Morgan fingerprint density at radius 3 is 2.90 bits per heavy atom. The van der Waals surface area contributed by atoms with Crippen molar-refractivity contribution in [3.63, 3.8) is 0 Å². The Bertz CT molecular complexity index is 93.3. The normalized spacial score (nSPS) is 34.2. The standard InChI is InChI=1S/C8H15FS/c1-2-10-8-5-3-4-7(9)6-8/h7-8H,2-6H2,1H3. The van der Waals surface area contributed by atoms with Gasteiger partial charge >= 0.3 is 0 Å². The van der Waals surface area contributed by atoms with Gasteiger partial charge in [-0.2, -0.15) is 11.8 Å². The highest BCUT2D eigenvalue weighted by atomic mass is 32.2. The molecule has 1 rings (SSSR count). The van der Waals surface area contributed by atoms with Crippen LogP contribution in [-0.4, -0.2) is 17.2 Å². The van der Waals surface area contributed by atoms with Crippen LogP contribution in [-0.2, 0) is 0 Å². The Morgan fingerprint density at radius 1 is 1.50 bits per heavy atom. The van der Waals surface area contributed by atoms with Crippen LogP contribution in [0.2, 0.25) is 0 Å². The highest BCUT2D eigenvalue weighted by Gasteiger charge is 2.20. The van der Waals surface area contributed by atoms with Crippen molar-refractivity contribution in [2.24, 2.45) is 0 Å². The topological polar surface area (TPSA) is 0 Å². The summed E-state index contributed by atoms with van der Waals surface area (Å²) in [5.41, 5.74) is 0. The average molecular weight is 162 g/mol. The summed E-state index contributed by atoms with van der Waals surface area (Å²) >= 11 is 1.92. The highest BCUT2D eigenvalue weighted by Crippen LogP contribution is 2.29. The molecule has 0 aromatic carbocycles. The molecule has 0 heterocycles. The molecule has 1 aliphatic carbocycles. The van der Waals surface area contributed by atoms with E-state index in [9.17, 15) is 4.39 Å². The lowest BCUT2D eigenvalue weighted by Gasteiger charge is -2.23. The Kier molecular flexibility index (Phi) is 3.53. The van der Waals surface area contributed by atoms with Crippen molar-refractivity contribution >= 4 is 11.8 Å². The van der Waals surface area contributed by atoms with E-state index in [-0.39, 0.29) is 0 Å². The van der Waals surface area contributed by atoms with Crippen molar-refractivity contribution < 1.29 is 4.39 Å². The fraction of sp³-hybridized carbons (Fsp3) is 1.00. The summed E-state index contributed by atoms with van der Waals surface area (Å²) < 4.78 is 12.7. The molecular formula is C8H15FS. The summed E-state index contributed by atoms with van der Waals surface area (Å²) in [5.74, 6) is 1.14. The second-order valence-corrected chi connectivity index (χ2v) is 4.42. The number of thioether (sulfide) groups is 1. The van der Waals surface area contributed by atoms with Crippen LogP contribution in [0.3, 0.4) is 0 Å². The first-order valence-electron chi connectivity index (χ1n) is 4.08. The predicted octanol–water partition coefficient (Wildman–Crippen LogP) is 3.02. The third kappa shape index (κ3) is 2.49. The van der Waals surface area contributed by atoms with Crippen LogP contribution in [0.15, 0.2) is 0 Å². The van der Waals surface area contributed by atoms with Gasteiger partial charge in [0.05, 0.1) is 0 Å². The average Bonchev–Trinajstić information content (AvgIpc) is 1.88. The Labute approximate surface area is 66.6 Å². The van der Waals surface area contributed by atoms with Crippen LogP contribution in [0.4, 0.5) is 4.39 Å². The zero-order chi connectivity index (χ0) is 7.40. The molecule has 2 atom stereocenters. The van der Waals surface area contributed by atoms with Crippen LogP contribution in [0, 0.1) is 0 Å². The van der Waals surface area contributed by atoms with Crippen molar-refractivity contribution in [2.45, 2.75) is 44.0 Å². The van der Waals surface area contributed by atoms with Crippen LogP contribution in [0.5, 0.6) is 0 Å². The largest absolute Gasteiger partial charge is 0.247 e. The van der Waals surface area contributed by atoms with Gasteiger partial charge in [-0.15, -0.1) is 0 Å². The van der Waals surface area contributed by atoms with E-state index < -0.39 is 6.17 Å². The van der Waals surface area contributed by atoms with Gasteiger partial charge in [-0.05, 0) is 31.4 Å². The van der Waals surface area contributed by atoms with E-state index in [4.69, 9.17) is 0 Å². The Morgan fingerprint density at radius 2 is 2.30 bits per heavy atom. The van der Waals surface area contributed by atoms with Gasteiger partial charge in [-0.25, -0.2) is 4.39 Å². The van der Waals surface area contributed by atoms with Gasteiger partial charge in [0.2, 0.25) is 0 Å². The molecule has 0 radical (unpaired) electrons. The first kappa shape index (κ1) is 8.38. The van der Waals surface area contributed by atoms with Gasteiger partial charge in [0, 0.05) is 5.25 Å². The summed E-state index contributed by atoms with van der Waals surface area (Å²) in [6, 6.07) is 0. The minimum Gasteiger partial charge on any atom is -0.247 e. The predicted molar refractivity (Wildman–Crippen MR) is 45.3 cm³/mol. The molecule has 0 nitrogen and oxygen atoms in total. The maximum absolute atomic E-state index is 12.7. The maximum atomic E-state index is 12.7. The molecule has 1 saturated carbocycles. The van der Waals surface area contributed by atoms with Crippen LogP contribution < -0.4 is 0 Å². The minimum absolute atomic E-state index is 0.502. The van der Waals surface area contributed by atoms with E-state index >= 15 is 0 Å². The molecule has 0 saturated heterocycles. The van der Waals surface area contributed by atoms with Crippen molar-refractivity contribution in [1.82, 2.24) is 0 Å². The summed E-state index contributed by atoms with van der Waals surface area (Å²) in [6.45, 7) is 2.15. The van der Waals surface area contributed by atoms with Crippen molar-refractivity contribution in [3.05, 3.63) is 0 Å². The zero-order valence-corrected chi connectivity index (χ0v) is 7.29. The van der Waals surface area contributed by atoms with Gasteiger partial charge < -0.3 is 0 Å². The van der Waals surface area contributed by atoms with Crippen molar-refractivity contribution in [3.8, 4) is 0 Å². The smallest absolute Gasteiger partial charge is 0.101 e. The van der Waals surface area contributed by atoms with Gasteiger partial charge in [-0.3, -0.25) is 0 Å². The van der Waals surface area contributed by atoms with Gasteiger partial charge in [0.25, 0.3) is 0 Å². The Balaban J connectivity index is 2.18. The molecule has 0 spiro atoms. The van der Waals surface area contributed by atoms with Gasteiger partial charge in [0.15, 0.2) is 0 Å². The minimum atomic E-state index is -0.502. The highest BCUT2D eigenvalue weighted by molar-refractivity contribution is 7.99. The first-order chi connectivity index (χ1) is 4.83. The fourth-order valence-electron chi connectivity index (χ4n) is 1.48. The lowest BCUT2D eigenvalue weighted by Crippen LogP contribution is -2.18. The number of hydrogen-bond donors (Lipinski definition) is 0. The number of alkyl halides is 1. The quantitative estimate of drug-likeness (QED) is 0.601. The van der Waals surface area contributed by atoms with E-state index in [0.717, 1.165) is 25.0 Å². The van der Waals surface area contributed by atoms with Crippen molar-refractivity contribution in [2.75, 3.05) is 5.75 Å². The fourth-order valence-corrected chi connectivity index (χ4v) is 2.62. The monoisotopic (exact) mass is 162 g/mol. The summed E-state index contributed by atoms with van der Waals surface area (Å²) in [4.78, 5) is 0. The van der Waals surface area contributed by atoms with E-state index in [1.54, 1.807) is 0 Å². The first-order valence-corrected chi connectivity index (χ1v) is 5.13. The molecule has 1 aliphatic rings. The van der Waals surface area contributed by atoms with E-state index in [1.165, 1.54) is 6.42 Å². The molecule has 2 unspecified atom stereocenters. The van der Waals surface area contributed by atoms with Crippen LogP contribution in [0.25, 0.3) is 0 Å². The molecule has 0 bridgehead atoms. The third-order valence-corrected chi connectivity index (χ3v) is 3.20. The maximum Gasteiger partial charge on any atom is 0.101 e. The molecule has 0 aromatic heterocycles. The van der Waals surface area contributed by atoms with E-state index in [1.807, 2.05) is 11.8 Å². The third-order valence-electron chi connectivity index (χ3n) is 1.96. The number of hydrogen-bond acceptors (Lipinski definition) is 1. The van der Waals surface area contributed by atoms with E-state index in [2.05, 4.69) is 6.92 Å². The van der Waals surface area contributed by atoms with Crippen LogP contribution in [0.1, 0.15) is 32.6 Å². The molecule has 0 aliphatic heterocycles. The molecule has 2 heteroatoms. The second-order valence-electron chi connectivity index (χ2n) is 2.84. The lowest BCUT2D eigenvalue weighted by molar-refractivity contribution is 0.256. The SMILES string of the molecule is CCSC1CCCC(F)C1. The molecule has 60 valence electrons.